The number of aliphatic carboxylic acids is 1. The second-order valence-corrected chi connectivity index (χ2v) is 6.33. The highest BCUT2D eigenvalue weighted by atomic mass is 16.4. The van der Waals surface area contributed by atoms with E-state index in [0.717, 1.165) is 18.5 Å². The third-order valence-corrected chi connectivity index (χ3v) is 4.59. The van der Waals surface area contributed by atoms with Crippen LogP contribution >= 0.6 is 0 Å². The molecule has 2 N–H and O–H groups in total. The van der Waals surface area contributed by atoms with Crippen molar-refractivity contribution in [2.24, 2.45) is 13.0 Å². The zero-order valence-corrected chi connectivity index (χ0v) is 13.5. The maximum Gasteiger partial charge on any atom is 0.308 e. The van der Waals surface area contributed by atoms with Crippen molar-refractivity contribution in [1.82, 2.24) is 15.1 Å². The predicted molar refractivity (Wildman–Crippen MR) is 82.8 cm³/mol. The van der Waals surface area contributed by atoms with Gasteiger partial charge in [0.15, 0.2) is 0 Å². The van der Waals surface area contributed by atoms with E-state index in [9.17, 15) is 9.59 Å². The number of amides is 1. The van der Waals surface area contributed by atoms with Gasteiger partial charge in [-0.25, -0.2) is 0 Å². The van der Waals surface area contributed by atoms with Crippen LogP contribution in [0.3, 0.4) is 0 Å². The van der Waals surface area contributed by atoms with E-state index in [1.54, 1.807) is 24.7 Å². The molecule has 1 aliphatic carbocycles. The molecule has 1 saturated carbocycles. The number of carboxylic acid groups (broad SMARTS) is 1. The van der Waals surface area contributed by atoms with Gasteiger partial charge in [0.2, 0.25) is 0 Å². The Labute approximate surface area is 130 Å². The maximum absolute atomic E-state index is 12.5. The quantitative estimate of drug-likeness (QED) is 0.874. The van der Waals surface area contributed by atoms with Crippen molar-refractivity contribution in [3.05, 3.63) is 17.5 Å². The normalized spacial score (nSPS) is 18.7. The van der Waals surface area contributed by atoms with Crippen molar-refractivity contribution in [2.45, 2.75) is 57.9 Å². The van der Waals surface area contributed by atoms with E-state index in [4.69, 9.17) is 5.11 Å². The zero-order valence-electron chi connectivity index (χ0n) is 13.5. The van der Waals surface area contributed by atoms with Crippen molar-refractivity contribution >= 4 is 11.9 Å². The van der Waals surface area contributed by atoms with Gasteiger partial charge in [-0.15, -0.1) is 0 Å². The summed E-state index contributed by atoms with van der Waals surface area (Å²) in [6.45, 7) is 3.31. The summed E-state index contributed by atoms with van der Waals surface area (Å²) in [5, 5.41) is 16.3. The minimum Gasteiger partial charge on any atom is -0.481 e. The lowest BCUT2D eigenvalue weighted by Gasteiger charge is -2.22. The highest BCUT2D eigenvalue weighted by molar-refractivity contribution is 5.95. The van der Waals surface area contributed by atoms with Crippen molar-refractivity contribution in [3.8, 4) is 0 Å². The minimum absolute atomic E-state index is 0.228. The summed E-state index contributed by atoms with van der Waals surface area (Å²) in [6, 6.07) is -0.426. The Hall–Kier alpha value is -1.85. The highest BCUT2D eigenvalue weighted by Gasteiger charge is 2.27. The van der Waals surface area contributed by atoms with E-state index in [1.165, 1.54) is 19.3 Å². The van der Waals surface area contributed by atoms with Gasteiger partial charge in [-0.1, -0.05) is 19.3 Å². The van der Waals surface area contributed by atoms with Gasteiger partial charge in [-0.05, 0) is 26.7 Å². The molecular formula is C16H25N3O3. The second-order valence-electron chi connectivity index (χ2n) is 6.33. The molecule has 0 saturated heterocycles. The van der Waals surface area contributed by atoms with E-state index in [1.807, 2.05) is 7.05 Å². The van der Waals surface area contributed by atoms with Crippen molar-refractivity contribution in [1.29, 1.82) is 0 Å². The molecule has 122 valence electrons. The number of nitrogens with one attached hydrogen (secondary N) is 1. The van der Waals surface area contributed by atoms with Crippen LogP contribution in [0.15, 0.2) is 6.20 Å². The summed E-state index contributed by atoms with van der Waals surface area (Å²) in [7, 11) is 1.81. The molecule has 1 heterocycles. The number of rotatable bonds is 5. The molecule has 1 fully saturated rings. The first-order chi connectivity index (χ1) is 10.4. The Morgan fingerprint density at radius 1 is 1.32 bits per heavy atom. The smallest absolute Gasteiger partial charge is 0.308 e. The van der Waals surface area contributed by atoms with Gasteiger partial charge < -0.3 is 10.4 Å². The van der Waals surface area contributed by atoms with E-state index in [2.05, 4.69) is 10.4 Å². The van der Waals surface area contributed by atoms with E-state index in [-0.39, 0.29) is 5.91 Å². The Bertz CT molecular complexity index is 547. The van der Waals surface area contributed by atoms with E-state index >= 15 is 0 Å². The van der Waals surface area contributed by atoms with E-state index < -0.39 is 17.9 Å². The zero-order chi connectivity index (χ0) is 16.3. The molecule has 1 amide bonds. The highest BCUT2D eigenvalue weighted by Crippen LogP contribution is 2.33. The Morgan fingerprint density at radius 2 is 1.95 bits per heavy atom. The Morgan fingerprint density at radius 3 is 2.55 bits per heavy atom. The minimum atomic E-state index is -0.911. The molecule has 2 rings (SSSR count). The van der Waals surface area contributed by atoms with Crippen LogP contribution in [-0.2, 0) is 11.8 Å². The van der Waals surface area contributed by atoms with Gasteiger partial charge in [-0.2, -0.15) is 5.10 Å². The average Bonchev–Trinajstić information content (AvgIpc) is 2.89. The van der Waals surface area contributed by atoms with Gasteiger partial charge in [-0.3, -0.25) is 14.3 Å². The summed E-state index contributed by atoms with van der Waals surface area (Å²) in [4.78, 5) is 23.5. The monoisotopic (exact) mass is 307 g/mol. The fourth-order valence-corrected chi connectivity index (χ4v) is 2.98. The van der Waals surface area contributed by atoms with Crippen LogP contribution in [0.5, 0.6) is 0 Å². The molecule has 1 aromatic rings. The lowest BCUT2D eigenvalue weighted by Crippen LogP contribution is -2.40. The lowest BCUT2D eigenvalue weighted by molar-refractivity contribution is -0.141. The largest absolute Gasteiger partial charge is 0.481 e. The first-order valence-corrected chi connectivity index (χ1v) is 7.97. The van der Waals surface area contributed by atoms with Crippen LogP contribution in [0.4, 0.5) is 0 Å². The molecular weight excluding hydrogens is 282 g/mol. The predicted octanol–water partition coefficient (Wildman–Crippen LogP) is 2.31. The topological polar surface area (TPSA) is 84.2 Å². The van der Waals surface area contributed by atoms with Crippen LogP contribution < -0.4 is 5.32 Å². The number of carboxylic acids is 1. The number of nitrogens with zero attached hydrogens (tertiary/aromatic N) is 2. The molecule has 22 heavy (non-hydrogen) atoms. The molecule has 0 aromatic carbocycles. The van der Waals surface area contributed by atoms with Crippen LogP contribution in [0.1, 0.15) is 67.9 Å². The molecule has 2 atom stereocenters. The third-order valence-electron chi connectivity index (χ3n) is 4.59. The summed E-state index contributed by atoms with van der Waals surface area (Å²) < 4.78 is 1.67. The Balaban J connectivity index is 2.14. The molecule has 1 aromatic heterocycles. The van der Waals surface area contributed by atoms with Gasteiger partial charge >= 0.3 is 5.97 Å². The molecule has 0 radical (unpaired) electrons. The maximum atomic E-state index is 12.5. The molecule has 6 nitrogen and oxygen atoms in total. The summed E-state index contributed by atoms with van der Waals surface area (Å²) in [5.41, 5.74) is 1.44. The fraction of sp³-hybridized carbons (Fsp3) is 0.688. The molecule has 2 unspecified atom stereocenters. The Kier molecular flexibility index (Phi) is 5.21. The van der Waals surface area contributed by atoms with Crippen molar-refractivity contribution in [3.63, 3.8) is 0 Å². The van der Waals surface area contributed by atoms with Gasteiger partial charge in [0.1, 0.15) is 0 Å². The van der Waals surface area contributed by atoms with Crippen LogP contribution in [0, 0.1) is 5.92 Å². The molecule has 0 bridgehead atoms. The number of carbonyl (C=O) groups is 2. The number of hydrogen-bond acceptors (Lipinski definition) is 3. The summed E-state index contributed by atoms with van der Waals surface area (Å²) in [6.07, 6.45) is 7.47. The number of carbonyl (C=O) groups excluding carboxylic acids is 1. The lowest BCUT2D eigenvalue weighted by atomic mass is 9.85. The van der Waals surface area contributed by atoms with Gasteiger partial charge in [0, 0.05) is 25.2 Å². The standard InChI is InChI=1S/C16H25N3O3/c1-10(16(21)22)11(2)17-15(20)13-9-19(3)18-14(13)12-7-5-4-6-8-12/h9-12H,4-8H2,1-3H3,(H,17,20)(H,21,22). The van der Waals surface area contributed by atoms with Crippen LogP contribution in [-0.4, -0.2) is 32.8 Å². The van der Waals surface area contributed by atoms with Crippen molar-refractivity contribution < 1.29 is 14.7 Å². The number of aromatic nitrogens is 2. The van der Waals surface area contributed by atoms with Crippen LogP contribution in [0.2, 0.25) is 0 Å². The van der Waals surface area contributed by atoms with E-state index in [0.29, 0.717) is 11.5 Å². The third kappa shape index (κ3) is 3.67. The van der Waals surface area contributed by atoms with Crippen molar-refractivity contribution in [2.75, 3.05) is 0 Å². The molecule has 0 aliphatic heterocycles. The van der Waals surface area contributed by atoms with Crippen LogP contribution in [0.25, 0.3) is 0 Å². The average molecular weight is 307 g/mol. The first-order valence-electron chi connectivity index (χ1n) is 7.97. The SMILES string of the molecule is CC(NC(=O)c1cn(C)nc1C1CCCCC1)C(C)C(=O)O. The van der Waals surface area contributed by atoms with Gasteiger partial charge in [0.05, 0.1) is 17.2 Å². The summed E-state index contributed by atoms with van der Waals surface area (Å²) in [5.74, 6) is -1.43. The molecule has 1 aliphatic rings. The fourth-order valence-electron chi connectivity index (χ4n) is 2.98. The molecule has 6 heteroatoms. The number of aryl methyl sites for hydroxylation is 1. The van der Waals surface area contributed by atoms with Gasteiger partial charge in [0.25, 0.3) is 5.91 Å². The second kappa shape index (κ2) is 6.94. The molecule has 0 spiro atoms. The first kappa shape index (κ1) is 16.5. The summed E-state index contributed by atoms with van der Waals surface area (Å²) >= 11 is 0. The number of hydrogen-bond donors (Lipinski definition) is 2.